The third kappa shape index (κ3) is 5.28. The van der Waals surface area contributed by atoms with E-state index in [2.05, 4.69) is 16.0 Å². The minimum atomic E-state index is -0.234. The van der Waals surface area contributed by atoms with E-state index in [1.54, 1.807) is 6.07 Å². The zero-order valence-electron chi connectivity index (χ0n) is 11.0. The fraction of sp³-hybridized carbons (Fsp3) is 0.385. The van der Waals surface area contributed by atoms with E-state index < -0.39 is 0 Å². The van der Waals surface area contributed by atoms with Gasteiger partial charge in [0.2, 0.25) is 11.8 Å². The van der Waals surface area contributed by atoms with Crippen LogP contribution in [0, 0.1) is 0 Å². The van der Waals surface area contributed by atoms with Crippen LogP contribution in [-0.4, -0.2) is 32.0 Å². The van der Waals surface area contributed by atoms with Crippen LogP contribution in [0.15, 0.2) is 24.3 Å². The van der Waals surface area contributed by atoms with Crippen LogP contribution in [0.5, 0.6) is 0 Å². The van der Waals surface area contributed by atoms with Crippen molar-refractivity contribution in [2.45, 2.75) is 13.0 Å². The van der Waals surface area contributed by atoms with Crippen molar-refractivity contribution in [2.75, 3.05) is 20.1 Å². The average molecular weight is 284 g/mol. The topological polar surface area (TPSA) is 70.2 Å². The van der Waals surface area contributed by atoms with Crippen LogP contribution in [0.4, 0.5) is 0 Å². The van der Waals surface area contributed by atoms with Gasteiger partial charge in [0.25, 0.3) is 0 Å². The first-order chi connectivity index (χ1) is 9.04. The van der Waals surface area contributed by atoms with Gasteiger partial charge in [-0.05, 0) is 18.6 Å². The lowest BCUT2D eigenvalue weighted by Crippen LogP contribution is -2.40. The third-order valence-corrected chi connectivity index (χ3v) is 3.01. The van der Waals surface area contributed by atoms with Gasteiger partial charge in [0.05, 0.1) is 13.1 Å². The van der Waals surface area contributed by atoms with Crippen molar-refractivity contribution in [2.24, 2.45) is 0 Å². The number of amides is 2. The summed E-state index contributed by atoms with van der Waals surface area (Å²) in [6, 6.07) is 7.42. The molecular formula is C13H18ClN3O2. The van der Waals surface area contributed by atoms with Gasteiger partial charge in [-0.3, -0.25) is 9.59 Å². The minimum absolute atomic E-state index is 0.0164. The number of benzene rings is 1. The molecule has 0 aromatic heterocycles. The molecule has 0 aliphatic heterocycles. The van der Waals surface area contributed by atoms with Crippen molar-refractivity contribution in [3.8, 4) is 0 Å². The van der Waals surface area contributed by atoms with Gasteiger partial charge in [0.1, 0.15) is 0 Å². The lowest BCUT2D eigenvalue weighted by Gasteiger charge is -2.15. The van der Waals surface area contributed by atoms with Gasteiger partial charge in [0.15, 0.2) is 0 Å². The summed E-state index contributed by atoms with van der Waals surface area (Å²) >= 11 is 6.06. The van der Waals surface area contributed by atoms with E-state index in [1.165, 1.54) is 7.05 Å². The molecule has 0 saturated heterocycles. The third-order valence-electron chi connectivity index (χ3n) is 2.67. The molecule has 6 heteroatoms. The summed E-state index contributed by atoms with van der Waals surface area (Å²) in [5.74, 6) is -0.463. The van der Waals surface area contributed by atoms with Crippen molar-refractivity contribution < 1.29 is 9.59 Å². The molecule has 0 bridgehead atoms. The quantitative estimate of drug-likeness (QED) is 0.725. The molecule has 0 radical (unpaired) electrons. The fourth-order valence-electron chi connectivity index (χ4n) is 1.51. The van der Waals surface area contributed by atoms with E-state index in [-0.39, 0.29) is 30.9 Å². The molecule has 0 fully saturated rings. The monoisotopic (exact) mass is 283 g/mol. The molecule has 0 saturated carbocycles. The first-order valence-electron chi connectivity index (χ1n) is 5.99. The highest BCUT2D eigenvalue weighted by atomic mass is 35.5. The number of halogens is 1. The Bertz CT molecular complexity index is 451. The van der Waals surface area contributed by atoms with E-state index in [1.807, 2.05) is 25.1 Å². The van der Waals surface area contributed by atoms with E-state index >= 15 is 0 Å². The maximum Gasteiger partial charge on any atom is 0.239 e. The van der Waals surface area contributed by atoms with Crippen molar-refractivity contribution in [1.29, 1.82) is 0 Å². The van der Waals surface area contributed by atoms with Crippen LogP contribution < -0.4 is 16.0 Å². The van der Waals surface area contributed by atoms with Crippen molar-refractivity contribution in [3.05, 3.63) is 34.9 Å². The first-order valence-corrected chi connectivity index (χ1v) is 6.37. The highest BCUT2D eigenvalue weighted by Crippen LogP contribution is 2.21. The minimum Gasteiger partial charge on any atom is -0.358 e. The molecule has 3 N–H and O–H groups in total. The summed E-state index contributed by atoms with van der Waals surface area (Å²) in [4.78, 5) is 22.5. The van der Waals surface area contributed by atoms with Crippen LogP contribution >= 0.6 is 11.6 Å². The summed E-state index contributed by atoms with van der Waals surface area (Å²) in [6.45, 7) is 2.04. The van der Waals surface area contributed by atoms with Crippen LogP contribution in [0.2, 0.25) is 5.02 Å². The van der Waals surface area contributed by atoms with Crippen molar-refractivity contribution in [3.63, 3.8) is 0 Å². The van der Waals surface area contributed by atoms with Gasteiger partial charge < -0.3 is 16.0 Å². The smallest absolute Gasteiger partial charge is 0.239 e. The van der Waals surface area contributed by atoms with Crippen LogP contribution in [0.3, 0.4) is 0 Å². The zero-order valence-corrected chi connectivity index (χ0v) is 11.8. The summed E-state index contributed by atoms with van der Waals surface area (Å²) in [5.41, 5.74) is 0.934. The molecule has 1 aromatic carbocycles. The first kappa shape index (κ1) is 15.5. The maximum atomic E-state index is 11.5. The Morgan fingerprint density at radius 1 is 1.21 bits per heavy atom. The maximum absolute atomic E-state index is 11.5. The summed E-state index contributed by atoms with van der Waals surface area (Å²) in [7, 11) is 1.52. The predicted molar refractivity (Wildman–Crippen MR) is 74.9 cm³/mol. The summed E-state index contributed by atoms with van der Waals surface area (Å²) in [5, 5.41) is 8.65. The second-order valence-corrected chi connectivity index (χ2v) is 4.48. The Morgan fingerprint density at radius 2 is 1.89 bits per heavy atom. The van der Waals surface area contributed by atoms with E-state index in [0.717, 1.165) is 5.56 Å². The van der Waals surface area contributed by atoms with E-state index in [4.69, 9.17) is 11.6 Å². The second kappa shape index (κ2) is 7.76. The number of hydrogen-bond donors (Lipinski definition) is 3. The van der Waals surface area contributed by atoms with E-state index in [0.29, 0.717) is 5.02 Å². The van der Waals surface area contributed by atoms with Gasteiger partial charge in [-0.2, -0.15) is 0 Å². The molecule has 5 nitrogen and oxygen atoms in total. The molecule has 0 aliphatic rings. The molecule has 1 aromatic rings. The number of rotatable bonds is 6. The van der Waals surface area contributed by atoms with Gasteiger partial charge in [-0.25, -0.2) is 0 Å². The molecule has 0 aliphatic carbocycles. The standard InChI is InChI=1S/C13H18ClN3O2/c1-9(10-5-3-4-6-11(10)14)16-8-13(19)17-7-12(18)15-2/h3-6,9,16H,7-8H2,1-2H3,(H,15,18)(H,17,19)/t9-/m0/s1. The zero-order chi connectivity index (χ0) is 14.3. The Kier molecular flexibility index (Phi) is 6.32. The summed E-state index contributed by atoms with van der Waals surface area (Å²) < 4.78 is 0. The summed E-state index contributed by atoms with van der Waals surface area (Å²) in [6.07, 6.45) is 0. The van der Waals surface area contributed by atoms with Gasteiger partial charge in [-0.15, -0.1) is 0 Å². The number of carbonyl (C=O) groups excluding carboxylic acids is 2. The molecular weight excluding hydrogens is 266 g/mol. The Morgan fingerprint density at radius 3 is 2.53 bits per heavy atom. The Labute approximate surface area is 117 Å². The predicted octanol–water partition coefficient (Wildman–Crippen LogP) is 0.853. The second-order valence-electron chi connectivity index (χ2n) is 4.07. The number of carbonyl (C=O) groups is 2. The molecule has 2 amide bonds. The SMILES string of the molecule is CNC(=O)CNC(=O)CN[C@@H](C)c1ccccc1Cl. The normalized spacial score (nSPS) is 11.7. The lowest BCUT2D eigenvalue weighted by atomic mass is 10.1. The number of hydrogen-bond acceptors (Lipinski definition) is 3. The molecule has 104 valence electrons. The molecule has 0 heterocycles. The van der Waals surface area contributed by atoms with Gasteiger partial charge in [-0.1, -0.05) is 29.8 Å². The average Bonchev–Trinajstić information content (AvgIpc) is 2.42. The number of likely N-dealkylation sites (N-methyl/N-ethyl adjacent to an activating group) is 1. The molecule has 1 atom stereocenters. The lowest BCUT2D eigenvalue weighted by molar-refractivity contribution is -0.125. The Hall–Kier alpha value is -1.59. The number of nitrogens with one attached hydrogen (secondary N) is 3. The molecule has 0 spiro atoms. The molecule has 1 rings (SSSR count). The van der Waals surface area contributed by atoms with Gasteiger partial charge in [0, 0.05) is 18.1 Å². The van der Waals surface area contributed by atoms with Crippen LogP contribution in [0.1, 0.15) is 18.5 Å². The van der Waals surface area contributed by atoms with Crippen molar-refractivity contribution in [1.82, 2.24) is 16.0 Å². The highest BCUT2D eigenvalue weighted by molar-refractivity contribution is 6.31. The fourth-order valence-corrected chi connectivity index (χ4v) is 1.81. The molecule has 0 unspecified atom stereocenters. The molecule has 19 heavy (non-hydrogen) atoms. The van der Waals surface area contributed by atoms with E-state index in [9.17, 15) is 9.59 Å². The van der Waals surface area contributed by atoms with Gasteiger partial charge >= 0.3 is 0 Å². The Balaban J connectivity index is 2.38. The highest BCUT2D eigenvalue weighted by Gasteiger charge is 2.10. The van der Waals surface area contributed by atoms with Crippen LogP contribution in [0.25, 0.3) is 0 Å². The van der Waals surface area contributed by atoms with Crippen LogP contribution in [-0.2, 0) is 9.59 Å². The largest absolute Gasteiger partial charge is 0.358 e. The van der Waals surface area contributed by atoms with Crippen molar-refractivity contribution >= 4 is 23.4 Å².